The molecule has 0 saturated carbocycles. The minimum absolute atomic E-state index is 0.912. The normalized spacial score (nSPS) is 11.1. The Bertz CT molecular complexity index is 1220. The molecule has 5 aromatic rings. The molecule has 0 amide bonds. The van der Waals surface area contributed by atoms with E-state index in [-0.39, 0.29) is 0 Å². The van der Waals surface area contributed by atoms with Crippen molar-refractivity contribution in [3.8, 4) is 28.2 Å². The monoisotopic (exact) mass is 350 g/mol. The molecule has 0 unspecified atom stereocenters. The summed E-state index contributed by atoms with van der Waals surface area (Å²) in [5.41, 5.74) is 6.40. The van der Waals surface area contributed by atoms with Crippen LogP contribution in [0.25, 0.3) is 39.1 Å². The van der Waals surface area contributed by atoms with E-state index in [0.717, 1.165) is 22.6 Å². The molecule has 0 aliphatic carbocycles. The first kappa shape index (κ1) is 15.6. The van der Waals surface area contributed by atoms with Gasteiger partial charge in [-0.05, 0) is 36.4 Å². The standard InChI is InChI=1S/C23H18N4/c1-26-16-20(19-11-5-6-12-22(19)26)23-14-21(17-8-7-13-24-15-17)25-27(23)18-9-3-2-4-10-18/h2-16H,1H3. The van der Waals surface area contributed by atoms with Crippen LogP contribution >= 0.6 is 0 Å². The van der Waals surface area contributed by atoms with Crippen LogP contribution in [0.15, 0.2) is 91.4 Å². The highest BCUT2D eigenvalue weighted by Gasteiger charge is 2.17. The molecule has 130 valence electrons. The van der Waals surface area contributed by atoms with Crippen molar-refractivity contribution >= 4 is 10.9 Å². The number of para-hydroxylation sites is 2. The third-order valence-corrected chi connectivity index (χ3v) is 4.84. The Morgan fingerprint density at radius 2 is 1.67 bits per heavy atom. The Morgan fingerprint density at radius 1 is 0.852 bits per heavy atom. The van der Waals surface area contributed by atoms with Crippen LogP contribution in [0.3, 0.4) is 0 Å². The number of benzene rings is 2. The number of pyridine rings is 1. The average molecular weight is 350 g/mol. The van der Waals surface area contributed by atoms with Crippen molar-refractivity contribution in [2.24, 2.45) is 7.05 Å². The number of nitrogens with zero attached hydrogens (tertiary/aromatic N) is 4. The van der Waals surface area contributed by atoms with Crippen LogP contribution in [0.5, 0.6) is 0 Å². The molecule has 2 aromatic carbocycles. The summed E-state index contributed by atoms with van der Waals surface area (Å²) >= 11 is 0. The van der Waals surface area contributed by atoms with Gasteiger partial charge in [-0.2, -0.15) is 5.10 Å². The van der Waals surface area contributed by atoms with Gasteiger partial charge < -0.3 is 4.57 Å². The summed E-state index contributed by atoms with van der Waals surface area (Å²) in [7, 11) is 2.08. The molecule has 0 bridgehead atoms. The fourth-order valence-corrected chi connectivity index (χ4v) is 3.54. The SMILES string of the molecule is Cn1cc(-c2cc(-c3cccnc3)nn2-c2ccccc2)c2ccccc21. The average Bonchev–Trinajstić information content (AvgIpc) is 3.31. The minimum atomic E-state index is 0.912. The fourth-order valence-electron chi connectivity index (χ4n) is 3.54. The topological polar surface area (TPSA) is 35.6 Å². The Balaban J connectivity index is 1.79. The first-order valence-corrected chi connectivity index (χ1v) is 8.91. The van der Waals surface area contributed by atoms with Gasteiger partial charge in [0.2, 0.25) is 0 Å². The molecule has 27 heavy (non-hydrogen) atoms. The molecule has 5 rings (SSSR count). The lowest BCUT2D eigenvalue weighted by molar-refractivity contribution is 0.890. The Labute approximate surface area is 157 Å². The zero-order valence-corrected chi connectivity index (χ0v) is 14.9. The van der Waals surface area contributed by atoms with Crippen molar-refractivity contribution in [1.82, 2.24) is 19.3 Å². The van der Waals surface area contributed by atoms with Gasteiger partial charge in [-0.25, -0.2) is 4.68 Å². The van der Waals surface area contributed by atoms with Crippen molar-refractivity contribution in [1.29, 1.82) is 0 Å². The summed E-state index contributed by atoms with van der Waals surface area (Å²) in [5.74, 6) is 0. The van der Waals surface area contributed by atoms with E-state index in [1.165, 1.54) is 16.5 Å². The van der Waals surface area contributed by atoms with Crippen LogP contribution in [-0.4, -0.2) is 19.3 Å². The van der Waals surface area contributed by atoms with Gasteiger partial charge in [0.1, 0.15) is 0 Å². The summed E-state index contributed by atoms with van der Waals surface area (Å²) in [6.07, 6.45) is 5.81. The predicted octanol–water partition coefficient (Wildman–Crippen LogP) is 5.09. The van der Waals surface area contributed by atoms with Crippen LogP contribution in [-0.2, 0) is 7.05 Å². The van der Waals surface area contributed by atoms with Gasteiger partial charge in [-0.3, -0.25) is 4.98 Å². The zero-order chi connectivity index (χ0) is 18.2. The van der Waals surface area contributed by atoms with Crippen molar-refractivity contribution < 1.29 is 0 Å². The van der Waals surface area contributed by atoms with Crippen LogP contribution in [0, 0.1) is 0 Å². The number of fused-ring (bicyclic) bond motifs is 1. The van der Waals surface area contributed by atoms with Gasteiger partial charge in [0.05, 0.1) is 17.1 Å². The first-order chi connectivity index (χ1) is 13.3. The molecular formula is C23H18N4. The van der Waals surface area contributed by atoms with Crippen molar-refractivity contribution in [3.63, 3.8) is 0 Å². The van der Waals surface area contributed by atoms with E-state index in [1.807, 2.05) is 41.2 Å². The highest BCUT2D eigenvalue weighted by Crippen LogP contribution is 2.34. The quantitative estimate of drug-likeness (QED) is 0.454. The Morgan fingerprint density at radius 3 is 2.48 bits per heavy atom. The summed E-state index contributed by atoms with van der Waals surface area (Å²) < 4.78 is 4.18. The highest BCUT2D eigenvalue weighted by atomic mass is 15.3. The number of hydrogen-bond donors (Lipinski definition) is 0. The molecule has 0 saturated heterocycles. The molecule has 0 fully saturated rings. The molecule has 0 aliphatic rings. The van der Waals surface area contributed by atoms with Crippen molar-refractivity contribution in [3.05, 3.63) is 91.4 Å². The predicted molar refractivity (Wildman–Crippen MR) is 109 cm³/mol. The zero-order valence-electron chi connectivity index (χ0n) is 14.9. The molecular weight excluding hydrogens is 332 g/mol. The van der Waals surface area contributed by atoms with Gasteiger partial charge in [0.25, 0.3) is 0 Å². The van der Waals surface area contributed by atoms with Gasteiger partial charge in [0, 0.05) is 47.7 Å². The van der Waals surface area contributed by atoms with Crippen LogP contribution in [0.4, 0.5) is 0 Å². The highest BCUT2D eigenvalue weighted by molar-refractivity contribution is 5.96. The van der Waals surface area contributed by atoms with E-state index in [2.05, 4.69) is 65.3 Å². The third-order valence-electron chi connectivity index (χ3n) is 4.84. The van der Waals surface area contributed by atoms with E-state index in [0.29, 0.717) is 0 Å². The molecule has 4 nitrogen and oxygen atoms in total. The summed E-state index contributed by atoms with van der Waals surface area (Å²) in [6.45, 7) is 0. The van der Waals surface area contributed by atoms with Gasteiger partial charge in [-0.1, -0.05) is 36.4 Å². The molecule has 0 N–H and O–H groups in total. The fraction of sp³-hybridized carbons (Fsp3) is 0.0435. The number of rotatable bonds is 3. The molecule has 0 spiro atoms. The smallest absolute Gasteiger partial charge is 0.0949 e. The van der Waals surface area contributed by atoms with Gasteiger partial charge >= 0.3 is 0 Å². The lowest BCUT2D eigenvalue weighted by atomic mass is 10.1. The maximum atomic E-state index is 4.91. The van der Waals surface area contributed by atoms with E-state index in [1.54, 1.807) is 6.20 Å². The second-order valence-corrected chi connectivity index (χ2v) is 6.57. The summed E-state index contributed by atoms with van der Waals surface area (Å²) in [4.78, 5) is 4.25. The second kappa shape index (κ2) is 6.25. The Kier molecular flexibility index (Phi) is 3.61. The first-order valence-electron chi connectivity index (χ1n) is 8.91. The minimum Gasteiger partial charge on any atom is -0.350 e. The van der Waals surface area contributed by atoms with Crippen molar-refractivity contribution in [2.45, 2.75) is 0 Å². The maximum absolute atomic E-state index is 4.91. The third kappa shape index (κ3) is 2.62. The van der Waals surface area contributed by atoms with E-state index < -0.39 is 0 Å². The largest absolute Gasteiger partial charge is 0.350 e. The van der Waals surface area contributed by atoms with E-state index in [9.17, 15) is 0 Å². The lowest BCUT2D eigenvalue weighted by Gasteiger charge is -2.06. The van der Waals surface area contributed by atoms with Crippen LogP contribution in [0.1, 0.15) is 0 Å². The second-order valence-electron chi connectivity index (χ2n) is 6.57. The summed E-state index contributed by atoms with van der Waals surface area (Å²) in [6, 6.07) is 24.8. The van der Waals surface area contributed by atoms with Crippen LogP contribution < -0.4 is 0 Å². The number of aryl methyl sites for hydroxylation is 1. The van der Waals surface area contributed by atoms with Gasteiger partial charge in [0.15, 0.2) is 0 Å². The van der Waals surface area contributed by atoms with Crippen LogP contribution in [0.2, 0.25) is 0 Å². The molecule has 3 aromatic heterocycles. The molecule has 0 aliphatic heterocycles. The number of hydrogen-bond acceptors (Lipinski definition) is 2. The van der Waals surface area contributed by atoms with Gasteiger partial charge in [-0.15, -0.1) is 0 Å². The lowest BCUT2D eigenvalue weighted by Crippen LogP contribution is -1.98. The molecule has 0 radical (unpaired) electrons. The molecule has 0 atom stereocenters. The van der Waals surface area contributed by atoms with E-state index >= 15 is 0 Å². The number of aromatic nitrogens is 4. The van der Waals surface area contributed by atoms with Crippen molar-refractivity contribution in [2.75, 3.05) is 0 Å². The van der Waals surface area contributed by atoms with E-state index in [4.69, 9.17) is 5.10 Å². The maximum Gasteiger partial charge on any atom is 0.0949 e. The summed E-state index contributed by atoms with van der Waals surface area (Å²) in [5, 5.41) is 6.13. The molecule has 4 heteroatoms. The molecule has 3 heterocycles. The Hall–Kier alpha value is -3.66.